The van der Waals surface area contributed by atoms with Gasteiger partial charge >= 0.3 is 0 Å². The second-order valence-corrected chi connectivity index (χ2v) is 7.61. The van der Waals surface area contributed by atoms with Gasteiger partial charge < -0.3 is 5.32 Å². The predicted octanol–water partition coefficient (Wildman–Crippen LogP) is 5.53. The van der Waals surface area contributed by atoms with Crippen molar-refractivity contribution in [1.29, 1.82) is 0 Å². The number of hydrogen-bond donors (Lipinski definition) is 1. The van der Waals surface area contributed by atoms with Gasteiger partial charge in [-0.15, -0.1) is 11.3 Å². The molecule has 0 spiro atoms. The van der Waals surface area contributed by atoms with Crippen molar-refractivity contribution < 1.29 is 0 Å². The monoisotopic (exact) mass is 401 g/mol. The van der Waals surface area contributed by atoms with Crippen LogP contribution in [0.15, 0.2) is 38.6 Å². The molecule has 1 aromatic heterocycles. The number of benzene rings is 1. The van der Waals surface area contributed by atoms with E-state index >= 15 is 0 Å². The van der Waals surface area contributed by atoms with Crippen LogP contribution in [0.25, 0.3) is 0 Å². The molecule has 0 amide bonds. The van der Waals surface area contributed by atoms with Gasteiger partial charge in [0.2, 0.25) is 0 Å². The number of aryl methyl sites for hydroxylation is 1. The Bertz CT molecular complexity index is 514. The summed E-state index contributed by atoms with van der Waals surface area (Å²) >= 11 is 8.92. The molecule has 1 N–H and O–H groups in total. The molecule has 1 nitrogen and oxygen atoms in total. The summed E-state index contributed by atoms with van der Waals surface area (Å²) in [6.07, 6.45) is 1.09. The Hall–Kier alpha value is -0.160. The van der Waals surface area contributed by atoms with Crippen molar-refractivity contribution in [2.75, 3.05) is 6.54 Å². The summed E-state index contributed by atoms with van der Waals surface area (Å²) in [5, 5.41) is 3.56. The molecule has 1 aromatic carbocycles. The molecule has 19 heavy (non-hydrogen) atoms. The normalized spacial score (nSPS) is 12.6. The largest absolute Gasteiger partial charge is 0.306 e. The summed E-state index contributed by atoms with van der Waals surface area (Å²) in [5.41, 5.74) is 2.70. The minimum Gasteiger partial charge on any atom is -0.306 e. The molecule has 0 fully saturated rings. The van der Waals surface area contributed by atoms with E-state index in [-0.39, 0.29) is 6.04 Å². The first-order valence-corrected chi connectivity index (χ1v) is 8.82. The summed E-state index contributed by atoms with van der Waals surface area (Å²) < 4.78 is 2.27. The summed E-state index contributed by atoms with van der Waals surface area (Å²) in [6, 6.07) is 11.4. The van der Waals surface area contributed by atoms with Crippen molar-refractivity contribution in [1.82, 2.24) is 5.32 Å². The van der Waals surface area contributed by atoms with E-state index < -0.39 is 0 Å². The third-order valence-corrected chi connectivity index (χ3v) is 6.40. The van der Waals surface area contributed by atoms with E-state index in [4.69, 9.17) is 0 Å². The van der Waals surface area contributed by atoms with Crippen molar-refractivity contribution in [3.63, 3.8) is 0 Å². The molecule has 1 heterocycles. The highest BCUT2D eigenvalue weighted by Gasteiger charge is 2.16. The fraction of sp³-hybridized carbons (Fsp3) is 0.333. The van der Waals surface area contributed by atoms with Crippen molar-refractivity contribution in [3.8, 4) is 0 Å². The van der Waals surface area contributed by atoms with Gasteiger partial charge in [-0.25, -0.2) is 0 Å². The summed E-state index contributed by atoms with van der Waals surface area (Å²) in [6.45, 7) is 5.28. The van der Waals surface area contributed by atoms with Gasteiger partial charge in [0.1, 0.15) is 0 Å². The van der Waals surface area contributed by atoms with Crippen LogP contribution in [-0.2, 0) is 6.42 Å². The molecule has 4 heteroatoms. The van der Waals surface area contributed by atoms with Crippen LogP contribution in [0.4, 0.5) is 0 Å². The average Bonchev–Trinajstić information content (AvgIpc) is 2.76. The number of thiophene rings is 1. The number of hydrogen-bond acceptors (Lipinski definition) is 2. The molecule has 1 unspecified atom stereocenters. The van der Waals surface area contributed by atoms with E-state index in [1.54, 1.807) is 11.3 Å². The number of rotatable bonds is 5. The smallest absolute Gasteiger partial charge is 0.0843 e. The molecule has 102 valence electrons. The Balaban J connectivity index is 2.33. The van der Waals surface area contributed by atoms with Gasteiger partial charge in [-0.3, -0.25) is 0 Å². The van der Waals surface area contributed by atoms with Gasteiger partial charge in [0.25, 0.3) is 0 Å². The van der Waals surface area contributed by atoms with E-state index in [0.29, 0.717) is 0 Å². The first kappa shape index (κ1) is 15.2. The van der Waals surface area contributed by atoms with E-state index in [9.17, 15) is 0 Å². The van der Waals surface area contributed by atoms with Gasteiger partial charge in [-0.1, -0.05) is 38.1 Å². The van der Waals surface area contributed by atoms with E-state index in [1.165, 1.54) is 16.0 Å². The van der Waals surface area contributed by atoms with Crippen LogP contribution in [0, 0.1) is 0 Å². The van der Waals surface area contributed by atoms with Gasteiger partial charge in [0.15, 0.2) is 0 Å². The lowest BCUT2D eigenvalue weighted by Crippen LogP contribution is -2.21. The van der Waals surface area contributed by atoms with Gasteiger partial charge in [-0.05, 0) is 62.0 Å². The maximum Gasteiger partial charge on any atom is 0.0843 e. The van der Waals surface area contributed by atoms with E-state index in [2.05, 4.69) is 81.4 Å². The molecular formula is C15H17Br2NS. The fourth-order valence-electron chi connectivity index (χ4n) is 2.04. The third kappa shape index (κ3) is 3.69. The average molecular weight is 403 g/mol. The second kappa shape index (κ2) is 7.02. The highest BCUT2D eigenvalue weighted by Crippen LogP contribution is 2.37. The van der Waals surface area contributed by atoms with Crippen LogP contribution >= 0.6 is 43.2 Å². The summed E-state index contributed by atoms with van der Waals surface area (Å²) in [4.78, 5) is 1.32. The highest BCUT2D eigenvalue weighted by molar-refractivity contribution is 9.13. The Morgan fingerprint density at radius 1 is 1.16 bits per heavy atom. The Kier molecular flexibility index (Phi) is 5.63. The standard InChI is InChI=1S/C15H17Br2NS/c1-3-10-5-7-11(8-6-10)14(18-4-2)13-9-12(16)15(17)19-13/h5-9,14,18H,3-4H2,1-2H3. The Morgan fingerprint density at radius 2 is 1.84 bits per heavy atom. The zero-order valence-electron chi connectivity index (χ0n) is 11.0. The fourth-order valence-corrected chi connectivity index (χ4v) is 4.23. The van der Waals surface area contributed by atoms with Gasteiger partial charge in [0.05, 0.1) is 9.83 Å². The second-order valence-electron chi connectivity index (χ2n) is 4.36. The lowest BCUT2D eigenvalue weighted by atomic mass is 10.0. The predicted molar refractivity (Wildman–Crippen MR) is 91.1 cm³/mol. The number of halogens is 2. The molecule has 2 aromatic rings. The molecule has 2 rings (SSSR count). The summed E-state index contributed by atoms with van der Waals surface area (Å²) in [5.74, 6) is 0. The van der Waals surface area contributed by atoms with Crippen LogP contribution < -0.4 is 5.32 Å². The van der Waals surface area contributed by atoms with Crippen LogP contribution in [0.5, 0.6) is 0 Å². The molecule has 0 radical (unpaired) electrons. The topological polar surface area (TPSA) is 12.0 Å². The van der Waals surface area contributed by atoms with Gasteiger partial charge in [-0.2, -0.15) is 0 Å². The lowest BCUT2D eigenvalue weighted by Gasteiger charge is -2.17. The number of nitrogens with one attached hydrogen (secondary N) is 1. The van der Waals surface area contributed by atoms with Crippen LogP contribution in [0.3, 0.4) is 0 Å². The van der Waals surface area contributed by atoms with Crippen LogP contribution in [0.1, 0.15) is 35.9 Å². The minimum atomic E-state index is 0.267. The third-order valence-electron chi connectivity index (χ3n) is 3.08. The summed E-state index contributed by atoms with van der Waals surface area (Å²) in [7, 11) is 0. The molecule has 0 saturated carbocycles. The SMILES string of the molecule is CCNC(c1ccc(CC)cc1)c1cc(Br)c(Br)s1. The van der Waals surface area contributed by atoms with Crippen LogP contribution in [0.2, 0.25) is 0 Å². The molecule has 0 aliphatic rings. The van der Waals surface area contributed by atoms with Gasteiger partial charge in [0, 0.05) is 9.35 Å². The molecule has 0 aliphatic carbocycles. The zero-order valence-corrected chi connectivity index (χ0v) is 15.0. The van der Waals surface area contributed by atoms with Crippen molar-refractivity contribution in [3.05, 3.63) is 54.6 Å². The van der Waals surface area contributed by atoms with E-state index in [1.807, 2.05) is 0 Å². The van der Waals surface area contributed by atoms with Crippen molar-refractivity contribution >= 4 is 43.2 Å². The van der Waals surface area contributed by atoms with Crippen molar-refractivity contribution in [2.24, 2.45) is 0 Å². The molecule has 1 atom stereocenters. The Morgan fingerprint density at radius 3 is 2.32 bits per heavy atom. The maximum absolute atomic E-state index is 3.57. The lowest BCUT2D eigenvalue weighted by molar-refractivity contribution is 0.639. The highest BCUT2D eigenvalue weighted by atomic mass is 79.9. The first-order chi connectivity index (χ1) is 9.15. The minimum absolute atomic E-state index is 0.267. The molecule has 0 saturated heterocycles. The van der Waals surface area contributed by atoms with Crippen molar-refractivity contribution in [2.45, 2.75) is 26.3 Å². The first-order valence-electron chi connectivity index (χ1n) is 6.42. The molecule has 0 bridgehead atoms. The molecular weight excluding hydrogens is 386 g/mol. The van der Waals surface area contributed by atoms with Crippen LogP contribution in [-0.4, -0.2) is 6.54 Å². The molecule has 0 aliphatic heterocycles. The zero-order chi connectivity index (χ0) is 13.8. The quantitative estimate of drug-likeness (QED) is 0.692. The maximum atomic E-state index is 3.57. The van der Waals surface area contributed by atoms with E-state index in [0.717, 1.165) is 21.2 Å². The Labute approximate surface area is 135 Å².